The Bertz CT molecular complexity index is 822. The van der Waals surface area contributed by atoms with E-state index in [0.29, 0.717) is 3.63 Å². The molecule has 0 amide bonds. The molecule has 0 radical (unpaired) electrons. The topological polar surface area (TPSA) is 13.1 Å². The Balaban J connectivity index is 0.000000163. The molecular formula is C19H19Cl2OSiZr. The minimum atomic E-state index is -1.08. The quantitative estimate of drug-likeness (QED) is 0.479. The van der Waals surface area contributed by atoms with E-state index in [1.807, 2.05) is 6.26 Å². The Morgan fingerprint density at radius 2 is 1.75 bits per heavy atom. The average Bonchev–Trinajstić information content (AvgIpc) is 3.18. The van der Waals surface area contributed by atoms with Gasteiger partial charge in [-0.25, -0.2) is 0 Å². The first-order chi connectivity index (χ1) is 10.5. The van der Waals surface area contributed by atoms with Crippen LogP contribution >= 0.6 is 0 Å². The fourth-order valence-electron chi connectivity index (χ4n) is 4.35. The maximum atomic E-state index is 5.51. The van der Waals surface area contributed by atoms with E-state index < -0.39 is 8.07 Å². The van der Waals surface area contributed by atoms with Crippen molar-refractivity contribution in [3.05, 3.63) is 70.7 Å². The van der Waals surface area contributed by atoms with Crippen LogP contribution in [-0.4, -0.2) is 8.07 Å². The van der Waals surface area contributed by atoms with Crippen LogP contribution in [0.4, 0.5) is 0 Å². The molecule has 5 heteroatoms. The summed E-state index contributed by atoms with van der Waals surface area (Å²) in [5.41, 5.74) is 6.74. The second-order valence-corrected chi connectivity index (χ2v) is 12.9. The van der Waals surface area contributed by atoms with Gasteiger partial charge in [0.2, 0.25) is 0 Å². The molecule has 0 spiro atoms. The molecule has 6 rings (SSSR count). The zero-order valence-electron chi connectivity index (χ0n) is 13.9. The van der Waals surface area contributed by atoms with Crippen LogP contribution in [0.2, 0.25) is 13.1 Å². The van der Waals surface area contributed by atoms with Crippen molar-refractivity contribution < 1.29 is 54.0 Å². The van der Waals surface area contributed by atoms with Gasteiger partial charge in [-0.2, -0.15) is 0 Å². The molecule has 24 heavy (non-hydrogen) atoms. The average molecular weight is 454 g/mol. The van der Waals surface area contributed by atoms with Gasteiger partial charge in [-0.3, -0.25) is 0 Å². The fraction of sp³-hybridized carbons (Fsp3) is 0.263. The monoisotopic (exact) mass is 451 g/mol. The molecule has 1 nitrogen and oxygen atoms in total. The normalized spacial score (nSPS) is 23.2. The van der Waals surface area contributed by atoms with E-state index in [9.17, 15) is 0 Å². The van der Waals surface area contributed by atoms with Gasteiger partial charge in [0.25, 0.3) is 0 Å². The van der Waals surface area contributed by atoms with Crippen LogP contribution in [0.3, 0.4) is 0 Å². The van der Waals surface area contributed by atoms with Crippen LogP contribution in [0.5, 0.6) is 0 Å². The Morgan fingerprint density at radius 1 is 1.04 bits per heavy atom. The van der Waals surface area contributed by atoms with E-state index in [-0.39, 0.29) is 24.8 Å². The summed E-state index contributed by atoms with van der Waals surface area (Å²) in [7, 11) is -1.08. The molecular weight excluding hydrogens is 434 g/mol. The summed E-state index contributed by atoms with van der Waals surface area (Å²) in [6.45, 7) is 7.14. The van der Waals surface area contributed by atoms with Crippen molar-refractivity contribution in [1.82, 2.24) is 0 Å². The molecule has 2 aliphatic carbocycles. The van der Waals surface area contributed by atoms with Crippen molar-refractivity contribution in [3.8, 4) is 0 Å². The van der Waals surface area contributed by atoms with Gasteiger partial charge in [0.1, 0.15) is 5.76 Å². The van der Waals surface area contributed by atoms with Gasteiger partial charge in [0.15, 0.2) is 0 Å². The van der Waals surface area contributed by atoms with E-state index >= 15 is 0 Å². The second kappa shape index (κ2) is 7.11. The van der Waals surface area contributed by atoms with Crippen molar-refractivity contribution in [3.63, 3.8) is 0 Å². The Labute approximate surface area is 172 Å². The maximum absolute atomic E-state index is 5.51. The van der Waals surface area contributed by atoms with E-state index in [1.54, 1.807) is 35.5 Å². The summed E-state index contributed by atoms with van der Waals surface area (Å²) in [5.74, 6) is 1.22. The fourth-order valence-corrected chi connectivity index (χ4v) is 9.48. The molecule has 0 N–H and O–H groups in total. The van der Waals surface area contributed by atoms with Crippen LogP contribution in [-0.2, 0) is 24.7 Å². The zero-order chi connectivity index (χ0) is 15.5. The predicted octanol–water partition coefficient (Wildman–Crippen LogP) is -0.740. The van der Waals surface area contributed by atoms with Crippen LogP contribution in [0.25, 0.3) is 11.3 Å². The Kier molecular flexibility index (Phi) is 5.92. The summed E-state index contributed by atoms with van der Waals surface area (Å²) in [5, 5.41) is 1.59. The van der Waals surface area contributed by atoms with E-state index in [2.05, 4.69) is 62.5 Å². The van der Waals surface area contributed by atoms with Crippen molar-refractivity contribution in [2.45, 2.75) is 29.2 Å². The number of allylic oxidation sites excluding steroid dienone is 2. The third kappa shape index (κ3) is 2.78. The molecule has 123 valence electrons. The molecule has 2 aliphatic heterocycles. The molecule has 0 fully saturated rings. The van der Waals surface area contributed by atoms with Gasteiger partial charge < -0.3 is 29.2 Å². The van der Waals surface area contributed by atoms with Crippen molar-refractivity contribution in [2.75, 3.05) is 0 Å². The first-order valence-corrected chi connectivity index (χ1v) is 12.3. The van der Waals surface area contributed by atoms with E-state index in [1.165, 1.54) is 22.5 Å². The van der Waals surface area contributed by atoms with E-state index in [4.69, 9.17) is 4.42 Å². The van der Waals surface area contributed by atoms with Gasteiger partial charge in [-0.15, -0.1) is 0 Å². The van der Waals surface area contributed by atoms with Crippen LogP contribution in [0.15, 0.2) is 52.7 Å². The van der Waals surface area contributed by atoms with Gasteiger partial charge in [-0.1, -0.05) is 18.7 Å². The van der Waals surface area contributed by atoms with Crippen molar-refractivity contribution in [2.24, 2.45) is 0 Å². The molecule has 3 heterocycles. The first kappa shape index (κ1) is 20.0. The molecule has 0 saturated carbocycles. The van der Waals surface area contributed by atoms with Crippen LogP contribution < -0.4 is 24.8 Å². The SMILES string of the molecule is CC1=C2c3occc3C1[Si]2(C)C.[Cl-].[Cl-].[Zr+2][CH]1C=Cc2ccccc21. The molecule has 4 aliphatic rings. The molecule has 2 bridgehead atoms. The van der Waals surface area contributed by atoms with Crippen LogP contribution in [0.1, 0.15) is 38.5 Å². The number of fused-ring (bicyclic) bond motifs is 1. The minimum absolute atomic E-state index is 0. The number of benzene rings is 1. The van der Waals surface area contributed by atoms with Crippen molar-refractivity contribution in [1.29, 1.82) is 0 Å². The molecule has 2 atom stereocenters. The third-order valence-electron chi connectivity index (χ3n) is 5.23. The summed E-state index contributed by atoms with van der Waals surface area (Å²) in [4.78, 5) is 0. The molecule has 0 saturated heterocycles. The molecule has 2 aromatic rings. The zero-order valence-corrected chi connectivity index (χ0v) is 18.9. The van der Waals surface area contributed by atoms with Gasteiger partial charge in [-0.05, 0) is 18.2 Å². The number of rotatable bonds is 0. The molecule has 1 aromatic heterocycles. The van der Waals surface area contributed by atoms with Gasteiger partial charge in [0, 0.05) is 11.1 Å². The second-order valence-electron chi connectivity index (χ2n) is 6.88. The summed E-state index contributed by atoms with van der Waals surface area (Å²) < 4.78 is 6.22. The third-order valence-corrected chi connectivity index (χ3v) is 10.6. The number of hydrogen-bond acceptors (Lipinski definition) is 1. The molecule has 2 unspecified atom stereocenters. The Morgan fingerprint density at radius 3 is 2.38 bits per heavy atom. The molecule has 1 aromatic carbocycles. The summed E-state index contributed by atoms with van der Waals surface area (Å²) in [6, 6.07) is 10.8. The van der Waals surface area contributed by atoms with Gasteiger partial charge in [0.05, 0.1) is 14.3 Å². The van der Waals surface area contributed by atoms with Gasteiger partial charge >= 0.3 is 75.9 Å². The standard InChI is InChI=1S/C10H12OSi.C9H7.2ClH.Zr/c1-6-9-7-4-5-11-8(7)10(6)12(9,2)3;1-2-5-9-7-3-6-8(9)4-1;;;/h4-5,9H,1-3H3;1-7H;2*1H;/q;;;;+2/p-2. The van der Waals surface area contributed by atoms with Crippen molar-refractivity contribution >= 4 is 19.3 Å². The first-order valence-electron chi connectivity index (χ1n) is 7.79. The van der Waals surface area contributed by atoms with Crippen LogP contribution in [0, 0.1) is 0 Å². The summed E-state index contributed by atoms with van der Waals surface area (Å²) in [6.07, 6.45) is 6.32. The summed E-state index contributed by atoms with van der Waals surface area (Å²) >= 11 is 1.59. The number of halogens is 2. The van der Waals surface area contributed by atoms with E-state index in [0.717, 1.165) is 5.54 Å². The Hall–Kier alpha value is -0.340. The number of furan rings is 1. The number of hydrogen-bond donors (Lipinski definition) is 0. The predicted molar refractivity (Wildman–Crippen MR) is 89.7 cm³/mol.